The Hall–Kier alpha value is -1.77. The van der Waals surface area contributed by atoms with Gasteiger partial charge in [0.2, 0.25) is 5.91 Å². The number of hydrogen-bond donors (Lipinski definition) is 0. The Morgan fingerprint density at radius 2 is 1.92 bits per heavy atom. The van der Waals surface area contributed by atoms with Crippen molar-refractivity contribution in [1.82, 2.24) is 4.57 Å². The van der Waals surface area contributed by atoms with E-state index in [-0.39, 0.29) is 17.1 Å². The molecule has 8 heteroatoms. The number of aromatic nitrogens is 1. The summed E-state index contributed by atoms with van der Waals surface area (Å²) in [4.78, 5) is 17.2. The minimum atomic E-state index is -3.48. The second kappa shape index (κ2) is 7.85. The molecule has 0 saturated carbocycles. The molecule has 0 fully saturated rings. The van der Waals surface area contributed by atoms with Gasteiger partial charge in [0.25, 0.3) is 0 Å². The van der Waals surface area contributed by atoms with Crippen LogP contribution in [0.1, 0.15) is 13.3 Å². The van der Waals surface area contributed by atoms with E-state index in [1.54, 1.807) is 18.2 Å². The van der Waals surface area contributed by atoms with Crippen molar-refractivity contribution in [3.8, 4) is 0 Å². The lowest BCUT2D eigenvalue weighted by Crippen LogP contribution is -2.17. The zero-order valence-corrected chi connectivity index (χ0v) is 17.3. The van der Waals surface area contributed by atoms with Crippen LogP contribution >= 0.6 is 27.3 Å². The zero-order chi connectivity index (χ0) is 18.7. The van der Waals surface area contributed by atoms with Gasteiger partial charge in [-0.3, -0.25) is 4.79 Å². The molecule has 0 aliphatic rings. The summed E-state index contributed by atoms with van der Waals surface area (Å²) in [7, 11) is -3.48. The SMILES string of the molecule is CCn1c(=NC(=O)CCS(=O)(=O)c2ccccc2)sc2cc(Br)ccc21. The molecule has 1 aromatic heterocycles. The Balaban J connectivity index is 1.84. The van der Waals surface area contributed by atoms with Gasteiger partial charge >= 0.3 is 0 Å². The normalized spacial score (nSPS) is 12.6. The van der Waals surface area contributed by atoms with Crippen LogP contribution in [0.4, 0.5) is 0 Å². The highest BCUT2D eigenvalue weighted by Crippen LogP contribution is 2.22. The van der Waals surface area contributed by atoms with Gasteiger partial charge in [-0.05, 0) is 37.3 Å². The Labute approximate surface area is 164 Å². The molecule has 0 atom stereocenters. The van der Waals surface area contributed by atoms with Crippen molar-refractivity contribution in [1.29, 1.82) is 0 Å². The van der Waals surface area contributed by atoms with Gasteiger partial charge in [-0.15, -0.1) is 0 Å². The summed E-state index contributed by atoms with van der Waals surface area (Å²) in [6, 6.07) is 14.1. The largest absolute Gasteiger partial charge is 0.317 e. The molecule has 26 heavy (non-hydrogen) atoms. The average Bonchev–Trinajstić information content (AvgIpc) is 2.96. The molecule has 0 N–H and O–H groups in total. The van der Waals surface area contributed by atoms with Gasteiger partial charge in [0.05, 0.1) is 20.9 Å². The van der Waals surface area contributed by atoms with Gasteiger partial charge < -0.3 is 4.57 Å². The van der Waals surface area contributed by atoms with E-state index in [1.807, 2.05) is 29.7 Å². The van der Waals surface area contributed by atoms with Crippen LogP contribution in [0.25, 0.3) is 10.2 Å². The van der Waals surface area contributed by atoms with E-state index in [0.29, 0.717) is 11.3 Å². The highest BCUT2D eigenvalue weighted by molar-refractivity contribution is 9.10. The first-order valence-corrected chi connectivity index (χ1v) is 11.3. The number of thiazole rings is 1. The number of rotatable bonds is 5. The lowest BCUT2D eigenvalue weighted by atomic mass is 10.3. The summed E-state index contributed by atoms with van der Waals surface area (Å²) in [6.07, 6.45) is -0.140. The van der Waals surface area contributed by atoms with Crippen molar-refractivity contribution in [2.24, 2.45) is 4.99 Å². The predicted molar refractivity (Wildman–Crippen MR) is 107 cm³/mol. The van der Waals surface area contributed by atoms with E-state index in [4.69, 9.17) is 0 Å². The fourth-order valence-corrected chi connectivity index (χ4v) is 5.48. The number of fused-ring (bicyclic) bond motifs is 1. The molecule has 0 saturated heterocycles. The van der Waals surface area contributed by atoms with Gasteiger partial charge in [-0.2, -0.15) is 4.99 Å². The monoisotopic (exact) mass is 452 g/mol. The molecular weight excluding hydrogens is 436 g/mol. The first-order chi connectivity index (χ1) is 12.4. The van der Waals surface area contributed by atoms with Gasteiger partial charge in [-0.1, -0.05) is 45.5 Å². The second-order valence-corrected chi connectivity index (χ2v) is 9.66. The van der Waals surface area contributed by atoms with E-state index in [0.717, 1.165) is 14.7 Å². The number of aryl methyl sites for hydroxylation is 1. The van der Waals surface area contributed by atoms with E-state index in [1.165, 1.54) is 23.5 Å². The molecule has 136 valence electrons. The van der Waals surface area contributed by atoms with Crippen LogP contribution in [-0.4, -0.2) is 24.6 Å². The summed E-state index contributed by atoms with van der Waals surface area (Å²) < 4.78 is 28.5. The van der Waals surface area contributed by atoms with Crippen molar-refractivity contribution >= 4 is 53.2 Å². The van der Waals surface area contributed by atoms with Crippen LogP contribution < -0.4 is 4.80 Å². The van der Waals surface area contributed by atoms with Crippen LogP contribution in [0.5, 0.6) is 0 Å². The third-order valence-corrected chi connectivity index (χ3v) is 7.13. The number of carbonyl (C=O) groups is 1. The highest BCUT2D eigenvalue weighted by atomic mass is 79.9. The molecule has 3 rings (SSSR count). The smallest absolute Gasteiger partial charge is 0.249 e. The molecule has 5 nitrogen and oxygen atoms in total. The number of sulfone groups is 1. The summed E-state index contributed by atoms with van der Waals surface area (Å²) in [5, 5.41) is 0. The number of benzene rings is 2. The maximum absolute atomic E-state index is 12.3. The summed E-state index contributed by atoms with van der Waals surface area (Å²) >= 11 is 4.86. The Bertz CT molecular complexity index is 1120. The zero-order valence-electron chi connectivity index (χ0n) is 14.1. The fourth-order valence-electron chi connectivity index (χ4n) is 2.57. The van der Waals surface area contributed by atoms with E-state index >= 15 is 0 Å². The molecular formula is C18H17BrN2O3S2. The lowest BCUT2D eigenvalue weighted by Gasteiger charge is -2.02. The summed E-state index contributed by atoms with van der Waals surface area (Å²) in [6.45, 7) is 2.66. The van der Waals surface area contributed by atoms with Crippen molar-refractivity contribution in [2.45, 2.75) is 24.8 Å². The predicted octanol–water partition coefficient (Wildman–Crippen LogP) is 3.78. The molecule has 0 radical (unpaired) electrons. The maximum atomic E-state index is 12.3. The molecule has 1 amide bonds. The fraction of sp³-hybridized carbons (Fsp3) is 0.222. The van der Waals surface area contributed by atoms with Crippen LogP contribution in [0.3, 0.4) is 0 Å². The quantitative estimate of drug-likeness (QED) is 0.591. The van der Waals surface area contributed by atoms with Crippen molar-refractivity contribution in [3.05, 3.63) is 57.8 Å². The van der Waals surface area contributed by atoms with E-state index in [9.17, 15) is 13.2 Å². The number of hydrogen-bond acceptors (Lipinski definition) is 4. The second-order valence-electron chi connectivity index (χ2n) is 5.63. The lowest BCUT2D eigenvalue weighted by molar-refractivity contribution is -0.117. The minimum Gasteiger partial charge on any atom is -0.317 e. The number of carbonyl (C=O) groups excluding carboxylic acids is 1. The van der Waals surface area contributed by atoms with E-state index in [2.05, 4.69) is 20.9 Å². The Morgan fingerprint density at radius 3 is 2.62 bits per heavy atom. The molecule has 3 aromatic rings. The van der Waals surface area contributed by atoms with Crippen LogP contribution in [0.15, 0.2) is 62.9 Å². The van der Waals surface area contributed by atoms with E-state index < -0.39 is 15.7 Å². The number of nitrogens with zero attached hydrogens (tertiary/aromatic N) is 2. The Morgan fingerprint density at radius 1 is 1.19 bits per heavy atom. The van der Waals surface area contributed by atoms with Crippen LogP contribution in [0.2, 0.25) is 0 Å². The molecule has 0 unspecified atom stereocenters. The average molecular weight is 453 g/mol. The standard InChI is InChI=1S/C18H17BrN2O3S2/c1-2-21-15-9-8-13(19)12-16(15)25-18(21)20-17(22)10-11-26(23,24)14-6-4-3-5-7-14/h3-9,12H,2,10-11H2,1H3. The van der Waals surface area contributed by atoms with Crippen molar-refractivity contribution < 1.29 is 13.2 Å². The summed E-state index contributed by atoms with van der Waals surface area (Å²) in [5.74, 6) is -0.681. The molecule has 0 aliphatic heterocycles. The van der Waals surface area contributed by atoms with Crippen molar-refractivity contribution in [2.75, 3.05) is 5.75 Å². The summed E-state index contributed by atoms with van der Waals surface area (Å²) in [5.41, 5.74) is 1.00. The Kier molecular flexibility index (Phi) is 5.74. The van der Waals surface area contributed by atoms with Gasteiger partial charge in [-0.25, -0.2) is 8.42 Å². The van der Waals surface area contributed by atoms with Crippen LogP contribution in [-0.2, 0) is 21.2 Å². The van der Waals surface area contributed by atoms with Gasteiger partial charge in [0.1, 0.15) is 0 Å². The highest BCUT2D eigenvalue weighted by Gasteiger charge is 2.16. The number of amides is 1. The topological polar surface area (TPSA) is 68.5 Å². The maximum Gasteiger partial charge on any atom is 0.249 e. The third-order valence-electron chi connectivity index (χ3n) is 3.87. The molecule has 2 aromatic carbocycles. The third kappa shape index (κ3) is 4.13. The molecule has 0 bridgehead atoms. The van der Waals surface area contributed by atoms with Crippen molar-refractivity contribution in [3.63, 3.8) is 0 Å². The molecule has 0 aliphatic carbocycles. The first kappa shape index (κ1) is 19.0. The number of halogens is 1. The van der Waals surface area contributed by atoms with Gasteiger partial charge in [0.15, 0.2) is 14.6 Å². The molecule has 1 heterocycles. The van der Waals surface area contributed by atoms with Crippen LogP contribution in [0, 0.1) is 0 Å². The first-order valence-electron chi connectivity index (χ1n) is 8.05. The van der Waals surface area contributed by atoms with Gasteiger partial charge in [0, 0.05) is 17.4 Å². The molecule has 0 spiro atoms. The minimum absolute atomic E-state index is 0.140.